The second-order valence-corrected chi connectivity index (χ2v) is 5.28. The molecule has 0 atom stereocenters. The van der Waals surface area contributed by atoms with Gasteiger partial charge in [-0.25, -0.2) is 0 Å². The second kappa shape index (κ2) is 5.11. The van der Waals surface area contributed by atoms with Gasteiger partial charge in [0, 0.05) is 23.3 Å². The molecule has 0 aliphatic rings. The molecule has 0 fully saturated rings. The molecule has 0 amide bonds. The smallest absolute Gasteiger partial charge is 0.343 e. The summed E-state index contributed by atoms with van der Waals surface area (Å²) in [7, 11) is 0. The Bertz CT molecular complexity index is 772. The van der Waals surface area contributed by atoms with E-state index < -0.39 is 11.7 Å². The van der Waals surface area contributed by atoms with E-state index in [9.17, 15) is 13.2 Å². The summed E-state index contributed by atoms with van der Waals surface area (Å²) in [6.45, 7) is 0.502. The topological polar surface area (TPSA) is 4.93 Å². The normalized spacial score (nSPS) is 12.0. The highest BCUT2D eigenvalue weighted by Crippen LogP contribution is 2.31. The minimum atomic E-state index is -4.33. The number of hydrogen-bond acceptors (Lipinski definition) is 0. The Balaban J connectivity index is 2.00. The van der Waals surface area contributed by atoms with Crippen LogP contribution >= 0.6 is 11.6 Å². The van der Waals surface area contributed by atoms with Crippen molar-refractivity contribution < 1.29 is 13.2 Å². The number of aromatic nitrogens is 1. The van der Waals surface area contributed by atoms with E-state index in [4.69, 9.17) is 11.6 Å². The molecule has 2 aromatic carbocycles. The number of fused-ring (bicyclic) bond motifs is 1. The average molecular weight is 310 g/mol. The highest BCUT2D eigenvalue weighted by atomic mass is 35.5. The Labute approximate surface area is 124 Å². The van der Waals surface area contributed by atoms with Gasteiger partial charge in [0.05, 0.1) is 5.56 Å². The van der Waals surface area contributed by atoms with Gasteiger partial charge in [-0.3, -0.25) is 0 Å². The lowest BCUT2D eigenvalue weighted by Crippen LogP contribution is -2.05. The fourth-order valence-corrected chi connectivity index (χ4v) is 2.41. The summed E-state index contributed by atoms with van der Waals surface area (Å²) in [4.78, 5) is 0. The zero-order chi connectivity index (χ0) is 15.0. The maximum atomic E-state index is 12.8. The van der Waals surface area contributed by atoms with Crippen LogP contribution in [-0.2, 0) is 12.7 Å². The van der Waals surface area contributed by atoms with Crippen LogP contribution in [0.1, 0.15) is 11.1 Å². The average Bonchev–Trinajstić information content (AvgIpc) is 2.83. The number of nitrogens with zero attached hydrogens (tertiary/aromatic N) is 1. The molecule has 21 heavy (non-hydrogen) atoms. The highest BCUT2D eigenvalue weighted by molar-refractivity contribution is 6.30. The quantitative estimate of drug-likeness (QED) is 0.600. The van der Waals surface area contributed by atoms with Gasteiger partial charge in [0.15, 0.2) is 0 Å². The van der Waals surface area contributed by atoms with Gasteiger partial charge in [-0.2, -0.15) is 13.2 Å². The standard InChI is InChI=1S/C16H11ClF3N/c17-14-5-1-11(2-6-14)10-21-8-7-12-3-4-13(9-15(12)21)16(18,19)20/h1-9H,10H2. The monoisotopic (exact) mass is 309 g/mol. The first kappa shape index (κ1) is 14.0. The minimum absolute atomic E-state index is 0.502. The van der Waals surface area contributed by atoms with Crippen LogP contribution < -0.4 is 0 Å². The number of alkyl halides is 3. The predicted molar refractivity (Wildman–Crippen MR) is 77.5 cm³/mol. The Morgan fingerprint density at radius 3 is 2.33 bits per heavy atom. The molecule has 0 saturated heterocycles. The van der Waals surface area contributed by atoms with Crippen LogP contribution in [0.3, 0.4) is 0 Å². The van der Waals surface area contributed by atoms with Gasteiger partial charge in [0.2, 0.25) is 0 Å². The summed E-state index contributed by atoms with van der Waals surface area (Å²) in [6, 6.07) is 12.9. The summed E-state index contributed by atoms with van der Waals surface area (Å²) >= 11 is 5.83. The molecule has 5 heteroatoms. The third kappa shape index (κ3) is 2.90. The lowest BCUT2D eigenvalue weighted by Gasteiger charge is -2.09. The molecule has 0 unspecified atom stereocenters. The molecule has 108 valence electrons. The molecule has 0 saturated carbocycles. The first-order chi connectivity index (χ1) is 9.93. The molecule has 3 rings (SSSR count). The highest BCUT2D eigenvalue weighted by Gasteiger charge is 2.30. The SMILES string of the molecule is FC(F)(F)c1ccc2ccn(Cc3ccc(Cl)cc3)c2c1. The summed E-state index contributed by atoms with van der Waals surface area (Å²) < 4.78 is 40.2. The van der Waals surface area contributed by atoms with Crippen LogP contribution in [0.15, 0.2) is 54.7 Å². The zero-order valence-electron chi connectivity index (χ0n) is 10.9. The van der Waals surface area contributed by atoms with Gasteiger partial charge in [0.1, 0.15) is 0 Å². The van der Waals surface area contributed by atoms with Gasteiger partial charge < -0.3 is 4.57 Å². The largest absolute Gasteiger partial charge is 0.416 e. The van der Waals surface area contributed by atoms with E-state index in [2.05, 4.69) is 0 Å². The van der Waals surface area contributed by atoms with Crippen LogP contribution in [0.25, 0.3) is 10.9 Å². The summed E-state index contributed by atoms with van der Waals surface area (Å²) in [6.07, 6.45) is -2.54. The van der Waals surface area contributed by atoms with E-state index in [1.165, 1.54) is 12.1 Å². The first-order valence-corrected chi connectivity index (χ1v) is 6.72. The Kier molecular flexibility index (Phi) is 3.41. The lowest BCUT2D eigenvalue weighted by molar-refractivity contribution is -0.137. The van der Waals surface area contributed by atoms with E-state index in [1.54, 1.807) is 22.9 Å². The van der Waals surface area contributed by atoms with E-state index in [1.807, 2.05) is 18.2 Å². The molecule has 0 spiro atoms. The van der Waals surface area contributed by atoms with Gasteiger partial charge in [-0.15, -0.1) is 0 Å². The maximum Gasteiger partial charge on any atom is 0.416 e. The second-order valence-electron chi connectivity index (χ2n) is 4.84. The number of halogens is 4. The minimum Gasteiger partial charge on any atom is -0.343 e. The van der Waals surface area contributed by atoms with E-state index in [0.717, 1.165) is 17.0 Å². The third-order valence-corrected chi connectivity index (χ3v) is 3.62. The van der Waals surface area contributed by atoms with Gasteiger partial charge in [-0.05, 0) is 41.3 Å². The predicted octanol–water partition coefficient (Wildman–Crippen LogP) is 5.36. The zero-order valence-corrected chi connectivity index (χ0v) is 11.6. The number of benzene rings is 2. The molecule has 0 N–H and O–H groups in total. The molecular weight excluding hydrogens is 299 g/mol. The molecule has 0 bridgehead atoms. The van der Waals surface area contributed by atoms with Crippen LogP contribution in [0.2, 0.25) is 5.02 Å². The molecule has 3 aromatic rings. The Hall–Kier alpha value is -1.94. The van der Waals surface area contributed by atoms with Crippen molar-refractivity contribution in [2.45, 2.75) is 12.7 Å². The van der Waals surface area contributed by atoms with Gasteiger partial charge in [0.25, 0.3) is 0 Å². The van der Waals surface area contributed by atoms with Crippen LogP contribution in [-0.4, -0.2) is 4.57 Å². The van der Waals surface area contributed by atoms with Crippen molar-refractivity contribution in [1.29, 1.82) is 0 Å². The molecule has 1 nitrogen and oxygen atoms in total. The van der Waals surface area contributed by atoms with Crippen LogP contribution in [0.5, 0.6) is 0 Å². The molecule has 1 heterocycles. The molecule has 0 aliphatic carbocycles. The van der Waals surface area contributed by atoms with Crippen molar-refractivity contribution in [3.63, 3.8) is 0 Å². The number of hydrogen-bond donors (Lipinski definition) is 0. The van der Waals surface area contributed by atoms with Crippen molar-refractivity contribution in [3.05, 3.63) is 70.9 Å². The molecule has 0 aliphatic heterocycles. The third-order valence-electron chi connectivity index (χ3n) is 3.37. The Morgan fingerprint density at radius 2 is 1.67 bits per heavy atom. The first-order valence-electron chi connectivity index (χ1n) is 6.34. The summed E-state index contributed by atoms with van der Waals surface area (Å²) in [5.74, 6) is 0. The Morgan fingerprint density at radius 1 is 0.952 bits per heavy atom. The van der Waals surface area contributed by atoms with E-state index >= 15 is 0 Å². The number of rotatable bonds is 2. The van der Waals surface area contributed by atoms with E-state index in [0.29, 0.717) is 17.1 Å². The van der Waals surface area contributed by atoms with Crippen LogP contribution in [0.4, 0.5) is 13.2 Å². The van der Waals surface area contributed by atoms with Crippen molar-refractivity contribution in [2.24, 2.45) is 0 Å². The molecule has 0 radical (unpaired) electrons. The van der Waals surface area contributed by atoms with Gasteiger partial charge >= 0.3 is 6.18 Å². The molecular formula is C16H11ClF3N. The van der Waals surface area contributed by atoms with Gasteiger partial charge in [-0.1, -0.05) is 29.8 Å². The van der Waals surface area contributed by atoms with Crippen LogP contribution in [0, 0.1) is 0 Å². The van der Waals surface area contributed by atoms with Crippen molar-refractivity contribution in [2.75, 3.05) is 0 Å². The lowest BCUT2D eigenvalue weighted by atomic mass is 10.1. The van der Waals surface area contributed by atoms with Crippen molar-refractivity contribution in [3.8, 4) is 0 Å². The fourth-order valence-electron chi connectivity index (χ4n) is 2.28. The van der Waals surface area contributed by atoms with E-state index in [-0.39, 0.29) is 0 Å². The van der Waals surface area contributed by atoms with Crippen molar-refractivity contribution >= 4 is 22.5 Å². The molecule has 1 aromatic heterocycles. The summed E-state index contributed by atoms with van der Waals surface area (Å²) in [5.41, 5.74) is 0.917. The van der Waals surface area contributed by atoms with Crippen molar-refractivity contribution in [1.82, 2.24) is 4.57 Å². The summed E-state index contributed by atoms with van der Waals surface area (Å²) in [5, 5.41) is 1.42. The fraction of sp³-hybridized carbons (Fsp3) is 0.125. The maximum absolute atomic E-state index is 12.8.